The summed E-state index contributed by atoms with van der Waals surface area (Å²) in [7, 11) is 1.63. The number of anilines is 1. The Hall–Kier alpha value is -3.77. The molecule has 0 fully saturated rings. The zero-order chi connectivity index (χ0) is 23.8. The highest BCUT2D eigenvalue weighted by molar-refractivity contribution is 6.04. The van der Waals surface area contributed by atoms with Gasteiger partial charge in [-0.2, -0.15) is 5.26 Å². The number of hydrogen-bond acceptors (Lipinski definition) is 6. The Balaban J connectivity index is 1.96. The van der Waals surface area contributed by atoms with E-state index >= 15 is 0 Å². The lowest BCUT2D eigenvalue weighted by atomic mass is 10.1. The largest absolute Gasteiger partial charge is 0.385 e. The second-order valence-corrected chi connectivity index (χ2v) is 7.53. The van der Waals surface area contributed by atoms with Gasteiger partial charge in [-0.25, -0.2) is 9.97 Å². The van der Waals surface area contributed by atoms with E-state index in [-0.39, 0.29) is 11.8 Å². The number of imidazole rings is 1. The van der Waals surface area contributed by atoms with E-state index in [9.17, 15) is 9.59 Å². The van der Waals surface area contributed by atoms with Crippen LogP contribution in [0.25, 0.3) is 11.2 Å². The van der Waals surface area contributed by atoms with Crippen LogP contribution in [0.15, 0.2) is 36.5 Å². The number of nitrogens with zero attached hydrogens (tertiary/aromatic N) is 5. The van der Waals surface area contributed by atoms with Gasteiger partial charge < -0.3 is 9.64 Å². The first-order valence-electron chi connectivity index (χ1n) is 11.0. The van der Waals surface area contributed by atoms with Crippen molar-refractivity contribution in [2.24, 2.45) is 0 Å². The van der Waals surface area contributed by atoms with E-state index in [2.05, 4.69) is 15.3 Å². The molecular weight excluding hydrogens is 420 g/mol. The van der Waals surface area contributed by atoms with E-state index in [4.69, 9.17) is 10.00 Å². The number of rotatable bonds is 10. The Morgan fingerprint density at radius 3 is 2.76 bits per heavy atom. The number of pyridine rings is 1. The lowest BCUT2D eigenvalue weighted by molar-refractivity contribution is 0.0764. The maximum Gasteiger partial charge on any atom is 0.258 e. The van der Waals surface area contributed by atoms with Crippen molar-refractivity contribution < 1.29 is 14.3 Å². The van der Waals surface area contributed by atoms with Gasteiger partial charge in [-0.15, -0.1) is 0 Å². The summed E-state index contributed by atoms with van der Waals surface area (Å²) in [4.78, 5) is 36.5. The Kier molecular flexibility index (Phi) is 8.11. The number of methoxy groups -OCH3 is 1. The lowest BCUT2D eigenvalue weighted by Crippen LogP contribution is -2.31. The first-order chi connectivity index (χ1) is 16.0. The predicted molar refractivity (Wildman–Crippen MR) is 125 cm³/mol. The van der Waals surface area contributed by atoms with Crippen LogP contribution in [-0.4, -0.2) is 58.1 Å². The van der Waals surface area contributed by atoms with Crippen molar-refractivity contribution >= 4 is 28.9 Å². The van der Waals surface area contributed by atoms with Gasteiger partial charge in [0.05, 0.1) is 17.2 Å². The van der Waals surface area contributed by atoms with Crippen molar-refractivity contribution in [3.8, 4) is 6.07 Å². The molecule has 0 bridgehead atoms. The summed E-state index contributed by atoms with van der Waals surface area (Å²) in [6.45, 7) is 6.31. The number of carbonyl (C=O) groups excluding carboxylic acids is 2. The first kappa shape index (κ1) is 23.9. The quantitative estimate of drug-likeness (QED) is 0.475. The van der Waals surface area contributed by atoms with Gasteiger partial charge in [0, 0.05) is 45.1 Å². The minimum absolute atomic E-state index is 0.0958. The second-order valence-electron chi connectivity index (χ2n) is 7.53. The second kappa shape index (κ2) is 11.2. The zero-order valence-corrected chi connectivity index (χ0v) is 19.2. The Bertz CT molecular complexity index is 1180. The molecule has 1 N–H and O–H groups in total. The summed E-state index contributed by atoms with van der Waals surface area (Å²) in [6.07, 6.45) is 3.11. The number of aryl methyl sites for hydroxylation is 1. The minimum Gasteiger partial charge on any atom is -0.385 e. The van der Waals surface area contributed by atoms with Gasteiger partial charge in [0.15, 0.2) is 5.65 Å². The maximum absolute atomic E-state index is 12.9. The fourth-order valence-corrected chi connectivity index (χ4v) is 3.56. The van der Waals surface area contributed by atoms with Gasteiger partial charge in [-0.05, 0) is 44.0 Å². The van der Waals surface area contributed by atoms with E-state index < -0.39 is 0 Å². The molecule has 2 amide bonds. The molecule has 33 heavy (non-hydrogen) atoms. The molecule has 2 aromatic heterocycles. The molecule has 0 aliphatic heterocycles. The van der Waals surface area contributed by atoms with E-state index in [1.54, 1.807) is 47.0 Å². The molecular formula is C24H28N6O3. The summed E-state index contributed by atoms with van der Waals surface area (Å²) in [6, 6.07) is 10.2. The van der Waals surface area contributed by atoms with Crippen molar-refractivity contribution in [2.45, 2.75) is 33.2 Å². The monoisotopic (exact) mass is 448 g/mol. The van der Waals surface area contributed by atoms with Gasteiger partial charge in [0.25, 0.3) is 11.8 Å². The first-order valence-corrected chi connectivity index (χ1v) is 11.0. The molecule has 0 saturated carbocycles. The number of amides is 2. The van der Waals surface area contributed by atoms with E-state index in [1.165, 1.54) is 6.07 Å². The van der Waals surface area contributed by atoms with Crippen LogP contribution in [0, 0.1) is 11.3 Å². The average Bonchev–Trinajstić information content (AvgIpc) is 3.18. The molecule has 0 aliphatic carbocycles. The molecule has 3 rings (SSSR count). The smallest absolute Gasteiger partial charge is 0.258 e. The van der Waals surface area contributed by atoms with Gasteiger partial charge in [-0.3, -0.25) is 19.5 Å². The third-order valence-corrected chi connectivity index (χ3v) is 5.20. The number of hydrogen-bond donors (Lipinski definition) is 1. The number of nitriles is 1. The number of fused-ring (bicyclic) bond motifs is 1. The molecule has 0 spiro atoms. The zero-order valence-electron chi connectivity index (χ0n) is 19.2. The highest BCUT2D eigenvalue weighted by Crippen LogP contribution is 2.21. The maximum atomic E-state index is 12.9. The molecule has 0 radical (unpaired) electrons. The van der Waals surface area contributed by atoms with Crippen LogP contribution in [0.4, 0.5) is 5.95 Å². The van der Waals surface area contributed by atoms with Crippen LogP contribution in [0.1, 0.15) is 53.0 Å². The summed E-state index contributed by atoms with van der Waals surface area (Å²) < 4.78 is 6.96. The van der Waals surface area contributed by atoms with Crippen LogP contribution >= 0.6 is 0 Å². The van der Waals surface area contributed by atoms with Gasteiger partial charge in [0.2, 0.25) is 5.95 Å². The molecule has 1 aromatic carbocycles. The van der Waals surface area contributed by atoms with Crippen LogP contribution < -0.4 is 5.32 Å². The minimum atomic E-state index is -0.383. The summed E-state index contributed by atoms with van der Waals surface area (Å²) in [5.74, 6) is -0.153. The molecule has 3 aromatic rings. The Morgan fingerprint density at radius 2 is 2.06 bits per heavy atom. The van der Waals surface area contributed by atoms with Crippen molar-refractivity contribution in [1.82, 2.24) is 19.4 Å². The molecule has 2 heterocycles. The SMILES string of the molecule is CCCN(CC)C(=O)c1cnc2c(c1)nc(NC(=O)c1cccc(C#N)c1)n2CCCOC. The fraction of sp³-hybridized carbons (Fsp3) is 0.375. The lowest BCUT2D eigenvalue weighted by Gasteiger charge is -2.19. The Labute approximate surface area is 193 Å². The highest BCUT2D eigenvalue weighted by atomic mass is 16.5. The van der Waals surface area contributed by atoms with Crippen LogP contribution in [0.5, 0.6) is 0 Å². The van der Waals surface area contributed by atoms with Crippen LogP contribution in [0.2, 0.25) is 0 Å². The summed E-state index contributed by atoms with van der Waals surface area (Å²) >= 11 is 0. The number of carbonyl (C=O) groups is 2. The molecule has 9 nitrogen and oxygen atoms in total. The highest BCUT2D eigenvalue weighted by Gasteiger charge is 2.19. The number of benzene rings is 1. The number of ether oxygens (including phenoxy) is 1. The molecule has 0 aliphatic rings. The van der Waals surface area contributed by atoms with Crippen molar-refractivity contribution in [2.75, 3.05) is 32.1 Å². The third-order valence-electron chi connectivity index (χ3n) is 5.20. The standard InChI is InChI=1S/C24H28N6O3/c1-4-10-29(5-2)23(32)19-14-20-21(26-16-19)30(11-7-12-33-3)24(27-20)28-22(31)18-9-6-8-17(13-18)15-25/h6,8-9,13-14,16H,4-5,7,10-12H2,1-3H3,(H,27,28,31). The van der Waals surface area contributed by atoms with Crippen molar-refractivity contribution in [1.29, 1.82) is 5.26 Å². The summed E-state index contributed by atoms with van der Waals surface area (Å²) in [5, 5.41) is 11.9. The van der Waals surface area contributed by atoms with Gasteiger partial charge in [0.1, 0.15) is 5.52 Å². The average molecular weight is 449 g/mol. The van der Waals surface area contributed by atoms with Crippen molar-refractivity contribution in [3.05, 3.63) is 53.2 Å². The van der Waals surface area contributed by atoms with Gasteiger partial charge >= 0.3 is 0 Å². The normalized spacial score (nSPS) is 10.7. The van der Waals surface area contributed by atoms with Crippen LogP contribution in [-0.2, 0) is 11.3 Å². The topological polar surface area (TPSA) is 113 Å². The summed E-state index contributed by atoms with van der Waals surface area (Å²) in [5.41, 5.74) is 2.30. The fourth-order valence-electron chi connectivity index (χ4n) is 3.56. The predicted octanol–water partition coefficient (Wildman–Crippen LogP) is 3.46. The van der Waals surface area contributed by atoms with Gasteiger partial charge in [-0.1, -0.05) is 13.0 Å². The third kappa shape index (κ3) is 5.54. The molecule has 0 atom stereocenters. The molecule has 9 heteroatoms. The van der Waals surface area contributed by atoms with E-state index in [0.29, 0.717) is 66.5 Å². The molecule has 0 saturated heterocycles. The number of aromatic nitrogens is 3. The Morgan fingerprint density at radius 1 is 1.24 bits per heavy atom. The van der Waals surface area contributed by atoms with Crippen molar-refractivity contribution in [3.63, 3.8) is 0 Å². The van der Waals surface area contributed by atoms with E-state index in [1.807, 2.05) is 19.9 Å². The molecule has 172 valence electrons. The number of nitrogens with one attached hydrogen (secondary N) is 1. The molecule has 0 unspecified atom stereocenters. The van der Waals surface area contributed by atoms with E-state index in [0.717, 1.165) is 6.42 Å². The van der Waals surface area contributed by atoms with Crippen LogP contribution in [0.3, 0.4) is 0 Å².